The van der Waals surface area contributed by atoms with Crippen molar-refractivity contribution in [3.05, 3.63) is 35.0 Å². The van der Waals surface area contributed by atoms with Crippen LogP contribution in [-0.2, 0) is 6.42 Å². The number of hydrogen-bond donors (Lipinski definition) is 0. The zero-order valence-electron chi connectivity index (χ0n) is 8.49. The number of fused-ring (bicyclic) bond motifs is 1. The van der Waals surface area contributed by atoms with Crippen LogP contribution in [0.4, 0.5) is 0 Å². The van der Waals surface area contributed by atoms with E-state index in [1.165, 1.54) is 16.0 Å². The van der Waals surface area contributed by atoms with E-state index in [2.05, 4.69) is 30.1 Å². The van der Waals surface area contributed by atoms with Gasteiger partial charge in [-0.25, -0.2) is 4.98 Å². The van der Waals surface area contributed by atoms with Crippen LogP contribution < -0.4 is 4.74 Å². The van der Waals surface area contributed by atoms with Gasteiger partial charge in [-0.1, -0.05) is 0 Å². The predicted molar refractivity (Wildman–Crippen MR) is 61.5 cm³/mol. The Labute approximate surface area is 92.6 Å². The zero-order chi connectivity index (χ0) is 10.3. The Balaban J connectivity index is 2.11. The summed E-state index contributed by atoms with van der Waals surface area (Å²) in [7, 11) is 0. The third kappa shape index (κ3) is 1.43. The third-order valence-corrected chi connectivity index (χ3v) is 3.67. The lowest BCUT2D eigenvalue weighted by molar-refractivity contribution is 0.357. The highest BCUT2D eigenvalue weighted by molar-refractivity contribution is 7.13. The number of hydrogen-bond acceptors (Lipinski definition) is 3. The minimum absolute atomic E-state index is 0.820. The molecule has 0 aliphatic carbocycles. The van der Waals surface area contributed by atoms with Crippen LogP contribution >= 0.6 is 11.3 Å². The van der Waals surface area contributed by atoms with Gasteiger partial charge < -0.3 is 4.74 Å². The number of nitrogens with zero attached hydrogens (tertiary/aromatic N) is 1. The number of aryl methyl sites for hydroxylation is 1. The molecule has 0 saturated heterocycles. The molecule has 1 aliphatic heterocycles. The van der Waals surface area contributed by atoms with Gasteiger partial charge in [0.1, 0.15) is 5.75 Å². The molecule has 0 spiro atoms. The molecule has 2 heterocycles. The molecule has 0 N–H and O–H groups in total. The molecule has 0 amide bonds. The van der Waals surface area contributed by atoms with E-state index in [9.17, 15) is 0 Å². The van der Waals surface area contributed by atoms with Gasteiger partial charge >= 0.3 is 0 Å². The summed E-state index contributed by atoms with van der Waals surface area (Å²) >= 11 is 1.70. The van der Waals surface area contributed by atoms with Crippen molar-refractivity contribution < 1.29 is 4.74 Å². The summed E-state index contributed by atoms with van der Waals surface area (Å²) in [5.74, 6) is 1.04. The molecule has 3 heteroatoms. The molecule has 0 bridgehead atoms. The van der Waals surface area contributed by atoms with Gasteiger partial charge in [0.15, 0.2) is 0 Å². The zero-order valence-corrected chi connectivity index (χ0v) is 9.30. The van der Waals surface area contributed by atoms with Gasteiger partial charge in [0.2, 0.25) is 0 Å². The molecule has 76 valence electrons. The normalized spacial score (nSPS) is 13.7. The molecule has 2 aromatic rings. The van der Waals surface area contributed by atoms with Crippen LogP contribution in [-0.4, -0.2) is 11.6 Å². The number of aromatic nitrogens is 1. The lowest BCUT2D eigenvalue weighted by atomic mass is 10.1. The van der Waals surface area contributed by atoms with Crippen molar-refractivity contribution in [2.75, 3.05) is 6.61 Å². The predicted octanol–water partition coefficient (Wildman–Crippen LogP) is 3.05. The SMILES string of the molecule is Cc1ncsc1-c1ccc2c(c1)CCO2. The van der Waals surface area contributed by atoms with Crippen molar-refractivity contribution in [2.45, 2.75) is 13.3 Å². The number of benzene rings is 1. The summed E-state index contributed by atoms with van der Waals surface area (Å²) in [6, 6.07) is 6.41. The van der Waals surface area contributed by atoms with Crippen molar-refractivity contribution in [3.63, 3.8) is 0 Å². The third-order valence-electron chi connectivity index (χ3n) is 2.70. The molecule has 1 aromatic heterocycles. The van der Waals surface area contributed by atoms with Gasteiger partial charge in [-0.3, -0.25) is 0 Å². The Bertz CT molecular complexity index is 504. The highest BCUT2D eigenvalue weighted by Gasteiger charge is 2.13. The van der Waals surface area contributed by atoms with Gasteiger partial charge in [-0.15, -0.1) is 11.3 Å². The minimum Gasteiger partial charge on any atom is -0.493 e. The fraction of sp³-hybridized carbons (Fsp3) is 0.250. The van der Waals surface area contributed by atoms with Gasteiger partial charge in [0, 0.05) is 6.42 Å². The van der Waals surface area contributed by atoms with Crippen LogP contribution in [0.1, 0.15) is 11.3 Å². The fourth-order valence-corrected chi connectivity index (χ4v) is 2.71. The highest BCUT2D eigenvalue weighted by atomic mass is 32.1. The lowest BCUT2D eigenvalue weighted by Gasteiger charge is -2.02. The Hall–Kier alpha value is -1.35. The topological polar surface area (TPSA) is 22.1 Å². The second kappa shape index (κ2) is 3.35. The van der Waals surface area contributed by atoms with Crippen molar-refractivity contribution in [2.24, 2.45) is 0 Å². The van der Waals surface area contributed by atoms with Crippen molar-refractivity contribution in [1.29, 1.82) is 0 Å². The Morgan fingerprint density at radius 1 is 1.40 bits per heavy atom. The Kier molecular flexibility index (Phi) is 1.99. The first-order valence-corrected chi connectivity index (χ1v) is 5.89. The summed E-state index contributed by atoms with van der Waals surface area (Å²) < 4.78 is 5.49. The van der Waals surface area contributed by atoms with E-state index < -0.39 is 0 Å². The quantitative estimate of drug-likeness (QED) is 0.732. The van der Waals surface area contributed by atoms with Gasteiger partial charge in [-0.05, 0) is 36.2 Å². The average molecular weight is 217 g/mol. The molecule has 0 unspecified atom stereocenters. The monoisotopic (exact) mass is 217 g/mol. The van der Waals surface area contributed by atoms with E-state index in [4.69, 9.17) is 4.74 Å². The molecule has 0 radical (unpaired) electrons. The largest absolute Gasteiger partial charge is 0.493 e. The fourth-order valence-electron chi connectivity index (χ4n) is 1.91. The van der Waals surface area contributed by atoms with Gasteiger partial charge in [-0.2, -0.15) is 0 Å². The first kappa shape index (κ1) is 8.92. The second-order valence-corrected chi connectivity index (χ2v) is 4.54. The molecular formula is C12H11NOS. The van der Waals surface area contributed by atoms with E-state index in [0.29, 0.717) is 0 Å². The molecule has 0 fully saturated rings. The highest BCUT2D eigenvalue weighted by Crippen LogP contribution is 2.33. The summed E-state index contributed by atoms with van der Waals surface area (Å²) in [5, 5.41) is 0. The van der Waals surface area contributed by atoms with Crippen LogP contribution in [0.15, 0.2) is 23.7 Å². The van der Waals surface area contributed by atoms with Crippen molar-refractivity contribution >= 4 is 11.3 Å². The first-order chi connectivity index (χ1) is 7.34. The van der Waals surface area contributed by atoms with E-state index in [-0.39, 0.29) is 0 Å². The van der Waals surface area contributed by atoms with Crippen molar-refractivity contribution in [1.82, 2.24) is 4.98 Å². The maximum atomic E-state index is 5.49. The standard InChI is InChI=1S/C12H11NOS/c1-8-12(15-7-13-8)10-2-3-11-9(6-10)4-5-14-11/h2-3,6-7H,4-5H2,1H3. The summed E-state index contributed by atoms with van der Waals surface area (Å²) in [4.78, 5) is 5.54. The summed E-state index contributed by atoms with van der Waals surface area (Å²) in [5.41, 5.74) is 5.59. The molecule has 0 atom stereocenters. The molecule has 1 aliphatic rings. The lowest BCUT2D eigenvalue weighted by Crippen LogP contribution is -1.85. The van der Waals surface area contributed by atoms with E-state index >= 15 is 0 Å². The van der Waals surface area contributed by atoms with Crippen LogP contribution in [0.2, 0.25) is 0 Å². The van der Waals surface area contributed by atoms with Gasteiger partial charge in [0.25, 0.3) is 0 Å². The molecule has 1 aromatic carbocycles. The van der Waals surface area contributed by atoms with Crippen LogP contribution in [0.25, 0.3) is 10.4 Å². The minimum atomic E-state index is 0.820. The van der Waals surface area contributed by atoms with Crippen LogP contribution in [0.5, 0.6) is 5.75 Å². The average Bonchev–Trinajstić information content (AvgIpc) is 2.84. The molecule has 0 saturated carbocycles. The maximum Gasteiger partial charge on any atom is 0.122 e. The van der Waals surface area contributed by atoms with Crippen LogP contribution in [0.3, 0.4) is 0 Å². The number of thiazole rings is 1. The number of rotatable bonds is 1. The molecule has 15 heavy (non-hydrogen) atoms. The Morgan fingerprint density at radius 2 is 2.33 bits per heavy atom. The van der Waals surface area contributed by atoms with Crippen LogP contribution in [0, 0.1) is 6.92 Å². The summed E-state index contributed by atoms with van der Waals surface area (Å²) in [6.07, 6.45) is 1.03. The molecule has 3 rings (SSSR count). The van der Waals surface area contributed by atoms with Gasteiger partial charge in [0.05, 0.1) is 22.7 Å². The van der Waals surface area contributed by atoms with E-state index in [1.54, 1.807) is 11.3 Å². The smallest absolute Gasteiger partial charge is 0.122 e. The first-order valence-electron chi connectivity index (χ1n) is 5.01. The van der Waals surface area contributed by atoms with E-state index in [1.807, 2.05) is 5.51 Å². The molecule has 2 nitrogen and oxygen atoms in total. The second-order valence-electron chi connectivity index (χ2n) is 3.69. The van der Waals surface area contributed by atoms with E-state index in [0.717, 1.165) is 24.5 Å². The van der Waals surface area contributed by atoms with Crippen molar-refractivity contribution in [3.8, 4) is 16.2 Å². The number of ether oxygens (including phenoxy) is 1. The Morgan fingerprint density at radius 3 is 3.13 bits per heavy atom. The summed E-state index contributed by atoms with van der Waals surface area (Å²) in [6.45, 7) is 2.87. The maximum absolute atomic E-state index is 5.49. The molecular weight excluding hydrogens is 206 g/mol.